The average molecular weight is 378 g/mol. The summed E-state index contributed by atoms with van der Waals surface area (Å²) < 4.78 is 17.4. The quantitative estimate of drug-likeness (QED) is 0.599. The number of esters is 1. The smallest absolute Gasteiger partial charge is 0.339 e. The number of ether oxygens (including phenoxy) is 1. The molecular weight excluding hydrogens is 362 g/mol. The highest BCUT2D eigenvalue weighted by Gasteiger charge is 2.16. The molecule has 3 aromatic rings. The first-order chi connectivity index (χ1) is 11.7. The summed E-state index contributed by atoms with van der Waals surface area (Å²) in [6.07, 6.45) is 0. The molecule has 0 saturated carbocycles. The summed E-state index contributed by atoms with van der Waals surface area (Å²) in [6.45, 7) is 1.92. The van der Waals surface area contributed by atoms with Crippen LogP contribution in [0.25, 0.3) is 10.6 Å². The molecule has 1 aromatic carbocycles. The van der Waals surface area contributed by atoms with Crippen molar-refractivity contribution < 1.29 is 13.7 Å². The van der Waals surface area contributed by atoms with Crippen molar-refractivity contribution in [2.45, 2.75) is 18.4 Å². The molecule has 3 rings (SSSR count). The van der Waals surface area contributed by atoms with E-state index in [4.69, 9.17) is 4.74 Å². The van der Waals surface area contributed by atoms with Crippen LogP contribution in [0.4, 0.5) is 0 Å². The molecule has 1 unspecified atom stereocenters. The summed E-state index contributed by atoms with van der Waals surface area (Å²) in [6, 6.07) is 8.87. The average Bonchev–Trinajstić information content (AvgIpc) is 3.30. The Morgan fingerprint density at radius 2 is 2.08 bits per heavy atom. The molecule has 0 amide bonds. The van der Waals surface area contributed by atoms with Crippen LogP contribution in [0.3, 0.4) is 0 Å². The van der Waals surface area contributed by atoms with Crippen molar-refractivity contribution in [2.75, 3.05) is 5.75 Å². The zero-order chi connectivity index (χ0) is 16.9. The second kappa shape index (κ2) is 7.83. The Kier molecular flexibility index (Phi) is 5.55. The van der Waals surface area contributed by atoms with E-state index in [1.165, 1.54) is 11.3 Å². The fourth-order valence-corrected chi connectivity index (χ4v) is 4.55. The lowest BCUT2D eigenvalue weighted by Crippen LogP contribution is -2.10. The molecule has 1 atom stereocenters. The second-order valence-corrected chi connectivity index (χ2v) is 8.21. The van der Waals surface area contributed by atoms with Gasteiger partial charge in [-0.05, 0) is 23.6 Å². The lowest BCUT2D eigenvalue weighted by molar-refractivity contribution is 0.0464. The fraction of sp³-hybridized carbons (Fsp3) is 0.176. The third kappa shape index (κ3) is 3.80. The Hall–Kier alpha value is -1.83. The molecule has 0 N–H and O–H groups in total. The van der Waals surface area contributed by atoms with E-state index in [0.29, 0.717) is 21.9 Å². The van der Waals surface area contributed by atoms with Crippen molar-refractivity contribution in [3.05, 3.63) is 57.7 Å². The predicted molar refractivity (Wildman–Crippen MR) is 97.9 cm³/mol. The minimum atomic E-state index is -1.20. The maximum absolute atomic E-state index is 12.3. The first kappa shape index (κ1) is 17.0. The third-order valence-electron chi connectivity index (χ3n) is 3.29. The van der Waals surface area contributed by atoms with Crippen LogP contribution in [0, 0.1) is 0 Å². The number of hydrogen-bond donors (Lipinski definition) is 0. The standard InChI is InChI=1S/C17H15NO3S3/c1-2-24(20)15-6-4-3-5-14(15)17(19)21-9-13-11-23-16(18-13)12-7-8-22-10-12/h3-8,10-11H,2,9H2,1H3. The Balaban J connectivity index is 1.69. The second-order valence-electron chi connectivity index (χ2n) is 4.86. The van der Waals surface area contributed by atoms with Crippen molar-refractivity contribution in [3.63, 3.8) is 0 Å². The van der Waals surface area contributed by atoms with Gasteiger partial charge < -0.3 is 4.74 Å². The lowest BCUT2D eigenvalue weighted by Gasteiger charge is -2.07. The summed E-state index contributed by atoms with van der Waals surface area (Å²) >= 11 is 3.14. The van der Waals surface area contributed by atoms with Gasteiger partial charge >= 0.3 is 5.97 Å². The number of benzene rings is 1. The number of nitrogens with zero attached hydrogens (tertiary/aromatic N) is 1. The van der Waals surface area contributed by atoms with Crippen LogP contribution in [0.2, 0.25) is 0 Å². The number of hydrogen-bond acceptors (Lipinski definition) is 6. The Morgan fingerprint density at radius 1 is 1.25 bits per heavy atom. The van der Waals surface area contributed by atoms with Gasteiger partial charge in [-0.1, -0.05) is 19.1 Å². The van der Waals surface area contributed by atoms with Crippen LogP contribution in [-0.4, -0.2) is 20.9 Å². The van der Waals surface area contributed by atoms with Crippen LogP contribution >= 0.6 is 22.7 Å². The van der Waals surface area contributed by atoms with E-state index >= 15 is 0 Å². The predicted octanol–water partition coefficient (Wildman–Crippen LogP) is 4.36. The maximum Gasteiger partial charge on any atom is 0.339 e. The fourth-order valence-electron chi connectivity index (χ4n) is 2.10. The molecule has 0 aliphatic carbocycles. The van der Waals surface area contributed by atoms with Crippen LogP contribution in [0.1, 0.15) is 23.0 Å². The molecule has 4 nitrogen and oxygen atoms in total. The molecule has 0 aliphatic rings. The van der Waals surface area contributed by atoms with Crippen LogP contribution < -0.4 is 0 Å². The monoisotopic (exact) mass is 377 g/mol. The highest BCUT2D eigenvalue weighted by molar-refractivity contribution is 7.85. The molecule has 0 fully saturated rings. The number of rotatable bonds is 6. The minimum Gasteiger partial charge on any atom is -0.456 e. The van der Waals surface area contributed by atoms with Crippen LogP contribution in [0.5, 0.6) is 0 Å². The van der Waals surface area contributed by atoms with E-state index < -0.39 is 16.8 Å². The number of aromatic nitrogens is 1. The van der Waals surface area contributed by atoms with Crippen LogP contribution in [0.15, 0.2) is 51.4 Å². The highest BCUT2D eigenvalue weighted by atomic mass is 32.2. The van der Waals surface area contributed by atoms with Gasteiger partial charge in [0.2, 0.25) is 0 Å². The van der Waals surface area contributed by atoms with Crippen LogP contribution in [-0.2, 0) is 22.1 Å². The van der Waals surface area contributed by atoms with Crippen molar-refractivity contribution in [1.29, 1.82) is 0 Å². The number of carbonyl (C=O) groups is 1. The zero-order valence-electron chi connectivity index (χ0n) is 12.9. The Bertz CT molecular complexity index is 856. The lowest BCUT2D eigenvalue weighted by atomic mass is 10.2. The summed E-state index contributed by atoms with van der Waals surface area (Å²) in [5.74, 6) is -0.0158. The van der Waals surface area contributed by atoms with Gasteiger partial charge in [-0.15, -0.1) is 11.3 Å². The third-order valence-corrected chi connectivity index (χ3v) is 6.28. The Labute approximate surface area is 150 Å². The summed E-state index contributed by atoms with van der Waals surface area (Å²) in [7, 11) is -1.20. The normalized spacial score (nSPS) is 12.0. The first-order valence-corrected chi connectivity index (χ1v) is 10.4. The van der Waals surface area contributed by atoms with E-state index in [-0.39, 0.29) is 6.61 Å². The summed E-state index contributed by atoms with van der Waals surface area (Å²) in [4.78, 5) is 17.3. The molecule has 24 heavy (non-hydrogen) atoms. The van der Waals surface area contributed by atoms with Gasteiger partial charge in [0.1, 0.15) is 11.6 Å². The molecule has 0 radical (unpaired) electrons. The van der Waals surface area contributed by atoms with Crippen molar-refractivity contribution in [3.8, 4) is 10.6 Å². The first-order valence-electron chi connectivity index (χ1n) is 7.30. The van der Waals surface area contributed by atoms with Crippen molar-refractivity contribution in [1.82, 2.24) is 4.98 Å². The molecular formula is C17H15NO3S3. The molecule has 124 valence electrons. The van der Waals surface area contributed by atoms with Gasteiger partial charge in [-0.3, -0.25) is 4.21 Å². The van der Waals surface area contributed by atoms with Gasteiger partial charge in [0.25, 0.3) is 0 Å². The van der Waals surface area contributed by atoms with E-state index in [1.807, 2.05) is 29.1 Å². The zero-order valence-corrected chi connectivity index (χ0v) is 15.4. The van der Waals surface area contributed by atoms with Gasteiger partial charge in [0.15, 0.2) is 0 Å². The number of thiophene rings is 1. The van der Waals surface area contributed by atoms with Gasteiger partial charge in [0.05, 0.1) is 27.0 Å². The van der Waals surface area contributed by atoms with Gasteiger partial charge in [-0.25, -0.2) is 9.78 Å². The summed E-state index contributed by atoms with van der Waals surface area (Å²) in [5, 5.41) is 6.83. The molecule has 0 saturated heterocycles. The number of thiazole rings is 1. The SMILES string of the molecule is CCS(=O)c1ccccc1C(=O)OCc1csc(-c2ccsc2)n1. The van der Waals surface area contributed by atoms with Gasteiger partial charge in [0, 0.05) is 22.1 Å². The summed E-state index contributed by atoms with van der Waals surface area (Å²) in [5.41, 5.74) is 2.14. The van der Waals surface area contributed by atoms with E-state index in [1.54, 1.807) is 35.6 Å². The van der Waals surface area contributed by atoms with Gasteiger partial charge in [-0.2, -0.15) is 11.3 Å². The van der Waals surface area contributed by atoms with Crippen molar-refractivity contribution >= 4 is 39.4 Å². The maximum atomic E-state index is 12.3. The Morgan fingerprint density at radius 3 is 2.83 bits per heavy atom. The van der Waals surface area contributed by atoms with E-state index in [0.717, 1.165) is 10.6 Å². The van der Waals surface area contributed by atoms with Crippen molar-refractivity contribution in [2.24, 2.45) is 0 Å². The minimum absolute atomic E-state index is 0.104. The molecule has 2 heterocycles. The number of carbonyl (C=O) groups excluding carboxylic acids is 1. The largest absolute Gasteiger partial charge is 0.456 e. The molecule has 0 bridgehead atoms. The topological polar surface area (TPSA) is 56.3 Å². The van der Waals surface area contributed by atoms with E-state index in [9.17, 15) is 9.00 Å². The molecule has 7 heteroatoms. The highest BCUT2D eigenvalue weighted by Crippen LogP contribution is 2.26. The molecule has 0 spiro atoms. The van der Waals surface area contributed by atoms with E-state index in [2.05, 4.69) is 4.98 Å². The molecule has 0 aliphatic heterocycles. The molecule has 2 aromatic heterocycles.